The van der Waals surface area contributed by atoms with E-state index < -0.39 is 5.97 Å². The van der Waals surface area contributed by atoms with E-state index in [0.29, 0.717) is 4.88 Å². The number of ketones is 1. The van der Waals surface area contributed by atoms with E-state index >= 15 is 0 Å². The fraction of sp³-hybridized carbons (Fsp3) is 0.167. The number of ether oxygens (including phenoxy) is 1. The van der Waals surface area contributed by atoms with Gasteiger partial charge in [0.05, 0.1) is 15.8 Å². The van der Waals surface area contributed by atoms with Gasteiger partial charge in [0.2, 0.25) is 11.5 Å². The van der Waals surface area contributed by atoms with Crippen molar-refractivity contribution in [2.45, 2.75) is 6.92 Å². The monoisotopic (exact) mass is 328 g/mol. The Balaban J connectivity index is 2.29. The largest absolute Gasteiger partial charge is 0.463 e. The van der Waals surface area contributed by atoms with Gasteiger partial charge in [0, 0.05) is 0 Å². The predicted octanol–water partition coefficient (Wildman–Crippen LogP) is 3.43. The van der Waals surface area contributed by atoms with Gasteiger partial charge in [-0.15, -0.1) is 11.3 Å². The molecule has 2 aromatic rings. The number of hydrogen-bond donors (Lipinski definition) is 0. The summed E-state index contributed by atoms with van der Waals surface area (Å²) in [5, 5.41) is 0. The molecule has 0 aliphatic rings. The molecule has 2 heterocycles. The van der Waals surface area contributed by atoms with Gasteiger partial charge in [0.15, 0.2) is 5.76 Å². The van der Waals surface area contributed by atoms with Crippen LogP contribution in [0.1, 0.15) is 31.6 Å². The average Bonchev–Trinajstić information content (AvgIpc) is 2.96. The van der Waals surface area contributed by atoms with Crippen LogP contribution < -0.4 is 0 Å². The van der Waals surface area contributed by atoms with Crippen LogP contribution in [-0.2, 0) is 4.74 Å². The maximum Gasteiger partial charge on any atom is 0.373 e. The third-order valence-corrected chi connectivity index (χ3v) is 4.43. The lowest BCUT2D eigenvalue weighted by molar-refractivity contribution is 0.0563. The summed E-state index contributed by atoms with van der Waals surface area (Å²) in [6, 6.07) is 4.67. The SMILES string of the molecule is COC(=O)c1ccc(C(=O)c2cc(C)c(Br)s2)o1. The van der Waals surface area contributed by atoms with Gasteiger partial charge in [-0.3, -0.25) is 4.79 Å². The first-order valence-corrected chi connectivity index (χ1v) is 6.62. The van der Waals surface area contributed by atoms with Gasteiger partial charge in [-0.05, 0) is 46.6 Å². The molecule has 0 aromatic carbocycles. The van der Waals surface area contributed by atoms with E-state index in [1.165, 1.54) is 30.6 Å². The maximum absolute atomic E-state index is 12.1. The third kappa shape index (κ3) is 2.39. The molecule has 6 heteroatoms. The highest BCUT2D eigenvalue weighted by Gasteiger charge is 2.19. The Bertz CT molecular complexity index is 592. The number of furan rings is 1. The molecule has 2 rings (SSSR count). The van der Waals surface area contributed by atoms with E-state index in [0.717, 1.165) is 9.35 Å². The topological polar surface area (TPSA) is 56.5 Å². The Morgan fingerprint density at radius 2 is 2.00 bits per heavy atom. The van der Waals surface area contributed by atoms with Crippen LogP contribution in [0.5, 0.6) is 0 Å². The van der Waals surface area contributed by atoms with Crippen molar-refractivity contribution in [1.29, 1.82) is 0 Å². The van der Waals surface area contributed by atoms with Crippen molar-refractivity contribution in [1.82, 2.24) is 0 Å². The van der Waals surface area contributed by atoms with E-state index in [1.807, 2.05) is 6.92 Å². The summed E-state index contributed by atoms with van der Waals surface area (Å²) in [6.45, 7) is 1.90. The van der Waals surface area contributed by atoms with Gasteiger partial charge in [-0.2, -0.15) is 0 Å². The molecule has 0 N–H and O–H groups in total. The Hall–Kier alpha value is -1.40. The minimum absolute atomic E-state index is 0.0215. The lowest BCUT2D eigenvalue weighted by Crippen LogP contribution is -2.00. The summed E-state index contributed by atoms with van der Waals surface area (Å²) < 4.78 is 10.6. The minimum Gasteiger partial charge on any atom is -0.463 e. The van der Waals surface area contributed by atoms with Gasteiger partial charge < -0.3 is 9.15 Å². The van der Waals surface area contributed by atoms with Crippen molar-refractivity contribution in [3.8, 4) is 0 Å². The molecule has 4 nitrogen and oxygen atoms in total. The second kappa shape index (κ2) is 5.07. The molecule has 2 aromatic heterocycles. The van der Waals surface area contributed by atoms with Crippen molar-refractivity contribution in [2.24, 2.45) is 0 Å². The van der Waals surface area contributed by atoms with Crippen LogP contribution in [-0.4, -0.2) is 18.9 Å². The van der Waals surface area contributed by atoms with Crippen LogP contribution in [0.15, 0.2) is 26.4 Å². The van der Waals surface area contributed by atoms with Crippen molar-refractivity contribution < 1.29 is 18.7 Å². The normalized spacial score (nSPS) is 10.4. The quantitative estimate of drug-likeness (QED) is 0.639. The predicted molar refractivity (Wildman–Crippen MR) is 70.2 cm³/mol. The molecule has 0 saturated carbocycles. The molecule has 18 heavy (non-hydrogen) atoms. The van der Waals surface area contributed by atoms with Gasteiger partial charge >= 0.3 is 5.97 Å². The first kappa shape index (κ1) is 13.0. The fourth-order valence-electron chi connectivity index (χ4n) is 1.36. The van der Waals surface area contributed by atoms with Crippen molar-refractivity contribution in [3.05, 3.63) is 43.9 Å². The van der Waals surface area contributed by atoms with E-state index in [9.17, 15) is 9.59 Å². The lowest BCUT2D eigenvalue weighted by Gasteiger charge is -1.94. The lowest BCUT2D eigenvalue weighted by atomic mass is 10.2. The standard InChI is InChI=1S/C12H9BrO4S/c1-6-5-9(18-11(6)13)10(14)7-3-4-8(17-7)12(15)16-2/h3-5H,1-2H3. The number of aryl methyl sites for hydroxylation is 1. The van der Waals surface area contributed by atoms with Crippen LogP contribution in [0, 0.1) is 6.92 Å². The highest BCUT2D eigenvalue weighted by molar-refractivity contribution is 9.11. The van der Waals surface area contributed by atoms with E-state index in [4.69, 9.17) is 4.42 Å². The summed E-state index contributed by atoms with van der Waals surface area (Å²) in [4.78, 5) is 23.9. The number of esters is 1. The molecule has 0 aliphatic carbocycles. The number of hydrogen-bond acceptors (Lipinski definition) is 5. The molecular formula is C12H9BrO4S. The highest BCUT2D eigenvalue weighted by Crippen LogP contribution is 2.29. The molecule has 0 aliphatic heterocycles. The Kier molecular flexibility index (Phi) is 3.68. The molecule has 94 valence electrons. The van der Waals surface area contributed by atoms with Crippen molar-refractivity contribution in [3.63, 3.8) is 0 Å². The molecule has 0 atom stereocenters. The molecule has 0 spiro atoms. The van der Waals surface area contributed by atoms with Crippen molar-refractivity contribution in [2.75, 3.05) is 7.11 Å². The molecule has 0 unspecified atom stereocenters. The first-order valence-electron chi connectivity index (χ1n) is 5.01. The maximum atomic E-state index is 12.1. The number of carbonyl (C=O) groups excluding carboxylic acids is 2. The first-order chi connectivity index (χ1) is 8.52. The van der Waals surface area contributed by atoms with Crippen LogP contribution in [0.4, 0.5) is 0 Å². The number of halogens is 1. The zero-order valence-electron chi connectivity index (χ0n) is 9.65. The van der Waals surface area contributed by atoms with Gasteiger partial charge in [0.1, 0.15) is 0 Å². The third-order valence-electron chi connectivity index (χ3n) is 2.30. The summed E-state index contributed by atoms with van der Waals surface area (Å²) in [5.74, 6) is -0.695. The second-order valence-corrected chi connectivity index (χ2v) is 5.92. The zero-order valence-corrected chi connectivity index (χ0v) is 12.1. The van der Waals surface area contributed by atoms with E-state index in [2.05, 4.69) is 20.7 Å². The molecule has 0 saturated heterocycles. The molecule has 0 bridgehead atoms. The average molecular weight is 329 g/mol. The molecule has 0 radical (unpaired) electrons. The smallest absolute Gasteiger partial charge is 0.373 e. The Morgan fingerprint density at radius 1 is 1.33 bits per heavy atom. The molecular weight excluding hydrogens is 320 g/mol. The Morgan fingerprint density at radius 3 is 2.56 bits per heavy atom. The van der Waals surface area contributed by atoms with E-state index in [1.54, 1.807) is 6.07 Å². The number of rotatable bonds is 3. The fourth-order valence-corrected chi connectivity index (χ4v) is 2.84. The Labute approximate surface area is 116 Å². The van der Waals surface area contributed by atoms with Gasteiger partial charge in [-0.25, -0.2) is 4.79 Å². The van der Waals surface area contributed by atoms with E-state index in [-0.39, 0.29) is 17.3 Å². The second-order valence-electron chi connectivity index (χ2n) is 3.55. The summed E-state index contributed by atoms with van der Waals surface area (Å²) in [7, 11) is 1.26. The number of methoxy groups -OCH3 is 1. The van der Waals surface area contributed by atoms with Crippen LogP contribution >= 0.6 is 27.3 Å². The molecule has 0 amide bonds. The summed E-state index contributed by atoms with van der Waals surface area (Å²) in [5.41, 5.74) is 0.989. The van der Waals surface area contributed by atoms with Gasteiger partial charge in [0.25, 0.3) is 0 Å². The highest BCUT2D eigenvalue weighted by atomic mass is 79.9. The number of thiophene rings is 1. The summed E-state index contributed by atoms with van der Waals surface area (Å²) >= 11 is 4.69. The van der Waals surface area contributed by atoms with Crippen LogP contribution in [0.25, 0.3) is 0 Å². The van der Waals surface area contributed by atoms with Crippen LogP contribution in [0.2, 0.25) is 0 Å². The van der Waals surface area contributed by atoms with Gasteiger partial charge in [-0.1, -0.05) is 0 Å². The molecule has 0 fully saturated rings. The van der Waals surface area contributed by atoms with Crippen molar-refractivity contribution >= 4 is 39.0 Å². The minimum atomic E-state index is -0.599. The zero-order chi connectivity index (χ0) is 13.3. The number of carbonyl (C=O) groups is 2. The summed E-state index contributed by atoms with van der Waals surface area (Å²) in [6.07, 6.45) is 0. The van der Waals surface area contributed by atoms with Crippen LogP contribution in [0.3, 0.4) is 0 Å².